The first-order valence-corrected chi connectivity index (χ1v) is 8.24. The number of aliphatic hydroxyl groups is 1. The van der Waals surface area contributed by atoms with E-state index in [1.54, 1.807) is 25.1 Å². The SMILES string of the molecule is Cc1ccc(NC(=O)C(=O)NCC(C)(O)c2ccc3c(c2)OCO3)cc1F. The molecule has 1 aliphatic heterocycles. The van der Waals surface area contributed by atoms with Gasteiger partial charge < -0.3 is 25.2 Å². The number of hydrogen-bond acceptors (Lipinski definition) is 5. The zero-order valence-electron chi connectivity index (χ0n) is 14.8. The van der Waals surface area contributed by atoms with Crippen LogP contribution in [0.3, 0.4) is 0 Å². The first-order chi connectivity index (χ1) is 12.8. The Labute approximate surface area is 155 Å². The van der Waals surface area contributed by atoms with E-state index in [-0.39, 0.29) is 19.0 Å². The number of hydrogen-bond donors (Lipinski definition) is 3. The van der Waals surface area contributed by atoms with Gasteiger partial charge in [-0.25, -0.2) is 4.39 Å². The van der Waals surface area contributed by atoms with Crippen molar-refractivity contribution < 1.29 is 28.6 Å². The van der Waals surface area contributed by atoms with Crippen molar-refractivity contribution in [3.63, 3.8) is 0 Å². The van der Waals surface area contributed by atoms with E-state index in [0.29, 0.717) is 22.6 Å². The second kappa shape index (κ2) is 7.24. The minimum Gasteiger partial charge on any atom is -0.454 e. The number of anilines is 1. The molecule has 1 unspecified atom stereocenters. The monoisotopic (exact) mass is 374 g/mol. The molecule has 0 fully saturated rings. The molecule has 0 aliphatic carbocycles. The van der Waals surface area contributed by atoms with Gasteiger partial charge >= 0.3 is 11.8 Å². The Morgan fingerprint density at radius 2 is 1.89 bits per heavy atom. The van der Waals surface area contributed by atoms with Crippen LogP contribution in [0.4, 0.5) is 10.1 Å². The topological polar surface area (TPSA) is 96.9 Å². The van der Waals surface area contributed by atoms with E-state index in [9.17, 15) is 19.1 Å². The Kier molecular flexibility index (Phi) is 5.00. The van der Waals surface area contributed by atoms with Crippen LogP contribution in [0.5, 0.6) is 11.5 Å². The van der Waals surface area contributed by atoms with Crippen LogP contribution in [0.2, 0.25) is 0 Å². The maximum atomic E-state index is 13.5. The summed E-state index contributed by atoms with van der Waals surface area (Å²) < 4.78 is 24.0. The number of carbonyl (C=O) groups is 2. The summed E-state index contributed by atoms with van der Waals surface area (Å²) in [6, 6.07) is 9.04. The van der Waals surface area contributed by atoms with Gasteiger partial charge in [-0.05, 0) is 49.2 Å². The summed E-state index contributed by atoms with van der Waals surface area (Å²) in [5, 5.41) is 15.3. The van der Waals surface area contributed by atoms with Gasteiger partial charge in [0.25, 0.3) is 0 Å². The van der Waals surface area contributed by atoms with Gasteiger partial charge in [0, 0.05) is 5.69 Å². The van der Waals surface area contributed by atoms with Crippen molar-refractivity contribution in [1.82, 2.24) is 5.32 Å². The number of amides is 2. The summed E-state index contributed by atoms with van der Waals surface area (Å²) in [6.07, 6.45) is 0. The fourth-order valence-corrected chi connectivity index (χ4v) is 2.52. The Bertz CT molecular complexity index is 898. The molecule has 1 heterocycles. The molecule has 27 heavy (non-hydrogen) atoms. The molecule has 1 atom stereocenters. The van der Waals surface area contributed by atoms with Gasteiger partial charge in [0.1, 0.15) is 11.4 Å². The minimum atomic E-state index is -1.44. The first kappa shape index (κ1) is 18.7. The van der Waals surface area contributed by atoms with Crippen LogP contribution in [0.25, 0.3) is 0 Å². The molecule has 0 spiro atoms. The van der Waals surface area contributed by atoms with Crippen LogP contribution in [0.1, 0.15) is 18.1 Å². The number of ether oxygens (including phenoxy) is 2. The second-order valence-corrected chi connectivity index (χ2v) is 6.44. The van der Waals surface area contributed by atoms with Gasteiger partial charge in [-0.15, -0.1) is 0 Å². The van der Waals surface area contributed by atoms with Gasteiger partial charge in [0.15, 0.2) is 11.5 Å². The number of fused-ring (bicyclic) bond motifs is 1. The molecule has 2 aromatic carbocycles. The normalized spacial score (nSPS) is 14.4. The van der Waals surface area contributed by atoms with E-state index in [0.717, 1.165) is 6.07 Å². The molecule has 2 aromatic rings. The molecule has 0 bridgehead atoms. The van der Waals surface area contributed by atoms with Crippen molar-refractivity contribution in [3.05, 3.63) is 53.3 Å². The smallest absolute Gasteiger partial charge is 0.313 e. The van der Waals surface area contributed by atoms with Crippen LogP contribution in [0, 0.1) is 12.7 Å². The molecule has 3 rings (SSSR count). The van der Waals surface area contributed by atoms with E-state index >= 15 is 0 Å². The third-order valence-corrected chi connectivity index (χ3v) is 4.22. The van der Waals surface area contributed by atoms with E-state index in [4.69, 9.17) is 9.47 Å². The maximum absolute atomic E-state index is 13.5. The van der Waals surface area contributed by atoms with E-state index in [1.165, 1.54) is 19.1 Å². The summed E-state index contributed by atoms with van der Waals surface area (Å²) >= 11 is 0. The van der Waals surface area contributed by atoms with Crippen LogP contribution in [-0.2, 0) is 15.2 Å². The van der Waals surface area contributed by atoms with Gasteiger partial charge in [0.05, 0.1) is 6.54 Å². The van der Waals surface area contributed by atoms with Gasteiger partial charge in [-0.3, -0.25) is 9.59 Å². The highest BCUT2D eigenvalue weighted by Gasteiger charge is 2.27. The van der Waals surface area contributed by atoms with Crippen molar-refractivity contribution >= 4 is 17.5 Å². The highest BCUT2D eigenvalue weighted by molar-refractivity contribution is 6.39. The number of aryl methyl sites for hydroxylation is 1. The average Bonchev–Trinajstić information content (AvgIpc) is 3.10. The quantitative estimate of drug-likeness (QED) is 0.710. The lowest BCUT2D eigenvalue weighted by molar-refractivity contribution is -0.136. The molecule has 8 heteroatoms. The third kappa shape index (κ3) is 4.17. The zero-order valence-corrected chi connectivity index (χ0v) is 14.8. The Morgan fingerprint density at radius 3 is 2.63 bits per heavy atom. The Morgan fingerprint density at radius 1 is 1.15 bits per heavy atom. The summed E-state index contributed by atoms with van der Waals surface area (Å²) in [5.74, 6) is -1.32. The lowest BCUT2D eigenvalue weighted by Gasteiger charge is -2.24. The average molecular weight is 374 g/mol. The fraction of sp³-hybridized carbons (Fsp3) is 0.263. The van der Waals surface area contributed by atoms with Crippen molar-refractivity contribution in [2.75, 3.05) is 18.7 Å². The van der Waals surface area contributed by atoms with Crippen LogP contribution >= 0.6 is 0 Å². The molecule has 0 aromatic heterocycles. The molecule has 0 radical (unpaired) electrons. The number of halogens is 1. The first-order valence-electron chi connectivity index (χ1n) is 8.24. The number of benzene rings is 2. The van der Waals surface area contributed by atoms with Gasteiger partial charge in [-0.1, -0.05) is 12.1 Å². The molecular formula is C19H19FN2O5. The lowest BCUT2D eigenvalue weighted by Crippen LogP contribution is -2.43. The standard InChI is InChI=1S/C19H19FN2O5/c1-11-3-5-13(8-14(11)20)22-18(24)17(23)21-9-19(2,25)12-4-6-15-16(7-12)27-10-26-15/h3-8,25H,9-10H2,1-2H3,(H,21,23)(H,22,24). The highest BCUT2D eigenvalue weighted by atomic mass is 19.1. The molecule has 0 saturated carbocycles. The summed E-state index contributed by atoms with van der Waals surface area (Å²) in [5.41, 5.74) is -0.349. The minimum absolute atomic E-state index is 0.109. The second-order valence-electron chi connectivity index (χ2n) is 6.44. The zero-order chi connectivity index (χ0) is 19.6. The highest BCUT2D eigenvalue weighted by Crippen LogP contribution is 2.35. The molecular weight excluding hydrogens is 355 g/mol. The van der Waals surface area contributed by atoms with E-state index < -0.39 is 23.2 Å². The lowest BCUT2D eigenvalue weighted by atomic mass is 9.95. The van der Waals surface area contributed by atoms with Crippen LogP contribution < -0.4 is 20.1 Å². The number of rotatable bonds is 4. The largest absolute Gasteiger partial charge is 0.454 e. The number of carbonyl (C=O) groups excluding carboxylic acids is 2. The molecule has 142 valence electrons. The predicted molar refractivity (Wildman–Crippen MR) is 94.9 cm³/mol. The molecule has 1 aliphatic rings. The van der Waals surface area contributed by atoms with Gasteiger partial charge in [-0.2, -0.15) is 0 Å². The van der Waals surface area contributed by atoms with Crippen molar-refractivity contribution in [3.8, 4) is 11.5 Å². The van der Waals surface area contributed by atoms with E-state index in [1.807, 2.05) is 0 Å². The molecule has 2 amide bonds. The fourth-order valence-electron chi connectivity index (χ4n) is 2.52. The molecule has 0 saturated heterocycles. The number of nitrogens with one attached hydrogen (secondary N) is 2. The maximum Gasteiger partial charge on any atom is 0.313 e. The van der Waals surface area contributed by atoms with Crippen LogP contribution in [0.15, 0.2) is 36.4 Å². The third-order valence-electron chi connectivity index (χ3n) is 4.22. The Hall–Kier alpha value is -3.13. The molecule has 7 nitrogen and oxygen atoms in total. The Balaban J connectivity index is 1.60. The summed E-state index contributed by atoms with van der Waals surface area (Å²) in [6.45, 7) is 2.99. The molecule has 3 N–H and O–H groups in total. The summed E-state index contributed by atoms with van der Waals surface area (Å²) in [7, 11) is 0. The summed E-state index contributed by atoms with van der Waals surface area (Å²) in [4.78, 5) is 23.9. The predicted octanol–water partition coefficient (Wildman–Crippen LogP) is 1.83. The van der Waals surface area contributed by atoms with E-state index in [2.05, 4.69) is 10.6 Å². The van der Waals surface area contributed by atoms with Crippen molar-refractivity contribution in [2.45, 2.75) is 19.4 Å². The van der Waals surface area contributed by atoms with Gasteiger partial charge in [0.2, 0.25) is 6.79 Å². The van der Waals surface area contributed by atoms with Crippen molar-refractivity contribution in [1.29, 1.82) is 0 Å². The van der Waals surface area contributed by atoms with Crippen LogP contribution in [-0.4, -0.2) is 30.3 Å². The van der Waals surface area contributed by atoms with Crippen molar-refractivity contribution in [2.24, 2.45) is 0 Å².